The molecule has 1 aliphatic rings. The van der Waals surface area contributed by atoms with E-state index in [1.807, 2.05) is 48.5 Å². The van der Waals surface area contributed by atoms with Crippen LogP contribution in [0.25, 0.3) is 10.9 Å². The van der Waals surface area contributed by atoms with Crippen LogP contribution in [0.4, 0.5) is 5.69 Å². The van der Waals surface area contributed by atoms with E-state index in [2.05, 4.69) is 34.1 Å². The minimum atomic E-state index is 0.0894. The van der Waals surface area contributed by atoms with E-state index < -0.39 is 0 Å². The highest BCUT2D eigenvalue weighted by Gasteiger charge is 2.19. The number of nitrogens with zero attached hydrogens (tertiary/aromatic N) is 2. The van der Waals surface area contributed by atoms with Crippen LogP contribution in [0.5, 0.6) is 5.88 Å². The zero-order valence-electron chi connectivity index (χ0n) is 17.9. The average molecular weight is 444 g/mol. The second-order valence-corrected chi connectivity index (χ2v) is 8.80. The van der Waals surface area contributed by atoms with Gasteiger partial charge in [-0.3, -0.25) is 4.90 Å². The largest absolute Gasteiger partial charge is 0.494 e. The van der Waals surface area contributed by atoms with Gasteiger partial charge in [-0.2, -0.15) is 0 Å². The van der Waals surface area contributed by atoms with Crippen molar-refractivity contribution < 1.29 is 5.11 Å². The average Bonchev–Trinajstić information content (AvgIpc) is 3.14. The molecule has 1 fully saturated rings. The Hall–Kier alpha value is -3.08. The number of aromatic hydroxyl groups is 1. The van der Waals surface area contributed by atoms with Gasteiger partial charge in [-0.1, -0.05) is 60.5 Å². The van der Waals surface area contributed by atoms with Crippen LogP contribution in [0.3, 0.4) is 0 Å². The van der Waals surface area contributed by atoms with Crippen molar-refractivity contribution in [2.75, 3.05) is 13.1 Å². The lowest BCUT2D eigenvalue weighted by molar-refractivity contribution is 0.221. The van der Waals surface area contributed by atoms with Gasteiger partial charge in [-0.25, -0.2) is 4.99 Å². The summed E-state index contributed by atoms with van der Waals surface area (Å²) in [6, 6.07) is 23.9. The molecule has 4 aromatic rings. The van der Waals surface area contributed by atoms with Crippen molar-refractivity contribution >= 4 is 33.9 Å². The molecule has 2 N–H and O–H groups in total. The molecule has 4 nitrogen and oxygen atoms in total. The molecule has 1 aliphatic heterocycles. The van der Waals surface area contributed by atoms with Gasteiger partial charge in [0.25, 0.3) is 0 Å². The first-order chi connectivity index (χ1) is 15.7. The molecule has 1 aromatic heterocycles. The quantitative estimate of drug-likeness (QED) is 0.338. The van der Waals surface area contributed by atoms with E-state index in [9.17, 15) is 5.11 Å². The van der Waals surface area contributed by atoms with E-state index in [0.717, 1.165) is 28.7 Å². The normalized spacial score (nSPS) is 15.3. The third-order valence-corrected chi connectivity index (χ3v) is 6.29. The fraction of sp³-hybridized carbons (Fsp3) is 0.222. The van der Waals surface area contributed by atoms with E-state index >= 15 is 0 Å². The van der Waals surface area contributed by atoms with Crippen molar-refractivity contribution in [2.45, 2.75) is 25.8 Å². The Kier molecular flexibility index (Phi) is 5.97. The topological polar surface area (TPSA) is 51.6 Å². The van der Waals surface area contributed by atoms with Crippen molar-refractivity contribution in [1.29, 1.82) is 0 Å². The highest BCUT2D eigenvalue weighted by atomic mass is 35.5. The first kappa shape index (κ1) is 20.8. The molecular weight excluding hydrogens is 418 g/mol. The molecule has 5 rings (SSSR count). The van der Waals surface area contributed by atoms with Gasteiger partial charge in [0.15, 0.2) is 5.88 Å². The number of benzene rings is 3. The molecule has 0 amide bonds. The van der Waals surface area contributed by atoms with Crippen LogP contribution in [-0.4, -0.2) is 33.8 Å². The lowest BCUT2D eigenvalue weighted by atomic mass is 10.0. The maximum Gasteiger partial charge on any atom is 0.199 e. The second-order valence-electron chi connectivity index (χ2n) is 8.37. The first-order valence-corrected chi connectivity index (χ1v) is 11.5. The number of aromatic amines is 1. The van der Waals surface area contributed by atoms with E-state index in [4.69, 9.17) is 16.6 Å². The summed E-state index contributed by atoms with van der Waals surface area (Å²) in [5, 5.41) is 12.2. The molecule has 3 aromatic carbocycles. The predicted octanol–water partition coefficient (Wildman–Crippen LogP) is 6.68. The Morgan fingerprint density at radius 1 is 0.938 bits per heavy atom. The van der Waals surface area contributed by atoms with Crippen LogP contribution in [0.2, 0.25) is 5.02 Å². The predicted molar refractivity (Wildman–Crippen MR) is 132 cm³/mol. The Labute approximate surface area is 193 Å². The molecule has 0 spiro atoms. The van der Waals surface area contributed by atoms with Gasteiger partial charge in [0.2, 0.25) is 0 Å². The summed E-state index contributed by atoms with van der Waals surface area (Å²) >= 11 is 6.27. The third-order valence-electron chi connectivity index (χ3n) is 6.06. The smallest absolute Gasteiger partial charge is 0.199 e. The molecule has 0 atom stereocenters. The fourth-order valence-electron chi connectivity index (χ4n) is 4.43. The van der Waals surface area contributed by atoms with Gasteiger partial charge in [0.05, 0.1) is 17.0 Å². The lowest BCUT2D eigenvalue weighted by Gasteiger charge is -2.26. The lowest BCUT2D eigenvalue weighted by Crippen LogP contribution is -2.28. The van der Waals surface area contributed by atoms with Gasteiger partial charge in [0, 0.05) is 28.0 Å². The first-order valence-electron chi connectivity index (χ1n) is 11.1. The fourth-order valence-corrected chi connectivity index (χ4v) is 4.60. The number of rotatable bonds is 5. The molecule has 2 heterocycles. The van der Waals surface area contributed by atoms with E-state index in [1.54, 1.807) is 0 Å². The Morgan fingerprint density at radius 2 is 1.69 bits per heavy atom. The Balaban J connectivity index is 1.54. The number of likely N-dealkylation sites (tertiary alicyclic amines) is 1. The molecule has 0 aliphatic carbocycles. The summed E-state index contributed by atoms with van der Waals surface area (Å²) in [5.74, 6) is 0.0894. The van der Waals surface area contributed by atoms with Crippen molar-refractivity contribution in [3.8, 4) is 5.88 Å². The number of fused-ring (bicyclic) bond motifs is 1. The van der Waals surface area contributed by atoms with Crippen LogP contribution in [0, 0.1) is 0 Å². The third kappa shape index (κ3) is 4.43. The molecule has 0 radical (unpaired) electrons. The number of hydrogen-bond donors (Lipinski definition) is 2. The standard InChI is InChI=1S/C27H26ClN3O/c28-21-11-14-24-23(17-21)25(27(32)30-24)26(20-7-3-1-4-8-20)29-22-12-9-19(10-13-22)18-31-15-5-2-6-16-31/h1,3-4,7-14,17,30,32H,2,5-6,15-16,18H2. The van der Waals surface area contributed by atoms with Crippen LogP contribution < -0.4 is 0 Å². The van der Waals surface area contributed by atoms with Crippen molar-refractivity contribution in [3.05, 3.63) is 94.5 Å². The highest BCUT2D eigenvalue weighted by Crippen LogP contribution is 2.33. The minimum absolute atomic E-state index is 0.0894. The zero-order chi connectivity index (χ0) is 21.9. The van der Waals surface area contributed by atoms with Crippen molar-refractivity contribution in [1.82, 2.24) is 9.88 Å². The number of halogens is 1. The summed E-state index contributed by atoms with van der Waals surface area (Å²) in [4.78, 5) is 10.6. The van der Waals surface area contributed by atoms with Gasteiger partial charge in [-0.15, -0.1) is 0 Å². The van der Waals surface area contributed by atoms with Gasteiger partial charge in [0.1, 0.15) is 0 Å². The summed E-state index contributed by atoms with van der Waals surface area (Å²) < 4.78 is 0. The molecule has 0 unspecified atom stereocenters. The maximum absolute atomic E-state index is 10.8. The summed E-state index contributed by atoms with van der Waals surface area (Å²) in [6.07, 6.45) is 3.93. The Morgan fingerprint density at radius 3 is 2.44 bits per heavy atom. The number of nitrogens with one attached hydrogen (secondary N) is 1. The van der Waals surface area contributed by atoms with Crippen molar-refractivity contribution in [2.24, 2.45) is 4.99 Å². The van der Waals surface area contributed by atoms with Crippen LogP contribution >= 0.6 is 11.6 Å². The summed E-state index contributed by atoms with van der Waals surface area (Å²) in [5.41, 5.74) is 5.27. The number of H-pyrrole nitrogens is 1. The van der Waals surface area contributed by atoms with Gasteiger partial charge >= 0.3 is 0 Å². The monoisotopic (exact) mass is 443 g/mol. The summed E-state index contributed by atoms with van der Waals surface area (Å²) in [6.45, 7) is 3.35. The van der Waals surface area contributed by atoms with E-state index in [-0.39, 0.29) is 5.88 Å². The van der Waals surface area contributed by atoms with E-state index in [1.165, 1.54) is 37.9 Å². The van der Waals surface area contributed by atoms with Crippen LogP contribution in [-0.2, 0) is 6.54 Å². The minimum Gasteiger partial charge on any atom is -0.494 e. The van der Waals surface area contributed by atoms with Crippen molar-refractivity contribution in [3.63, 3.8) is 0 Å². The molecule has 0 bridgehead atoms. The molecule has 32 heavy (non-hydrogen) atoms. The van der Waals surface area contributed by atoms with Gasteiger partial charge < -0.3 is 10.1 Å². The molecule has 1 saturated heterocycles. The second kappa shape index (κ2) is 9.19. The molecule has 162 valence electrons. The Bertz CT molecular complexity index is 1240. The summed E-state index contributed by atoms with van der Waals surface area (Å²) in [7, 11) is 0. The van der Waals surface area contributed by atoms with Gasteiger partial charge in [-0.05, 0) is 61.8 Å². The van der Waals surface area contributed by atoms with Crippen LogP contribution in [0.1, 0.15) is 36.0 Å². The molecule has 0 saturated carbocycles. The SMILES string of the molecule is Oc1[nH]c2ccc(Cl)cc2c1C(=Nc1ccc(CN2CCCCC2)cc1)c1ccccc1. The highest BCUT2D eigenvalue weighted by molar-refractivity contribution is 6.32. The number of piperidine rings is 1. The number of aromatic nitrogens is 1. The van der Waals surface area contributed by atoms with Crippen LogP contribution in [0.15, 0.2) is 77.8 Å². The zero-order valence-corrected chi connectivity index (χ0v) is 18.6. The number of hydrogen-bond acceptors (Lipinski definition) is 3. The molecule has 5 heteroatoms. The maximum atomic E-state index is 10.8. The van der Waals surface area contributed by atoms with E-state index in [0.29, 0.717) is 16.3 Å². The molecular formula is C27H26ClN3O. The number of aliphatic imine (C=N–C) groups is 1.